The lowest BCUT2D eigenvalue weighted by Crippen LogP contribution is -2.68. The van der Waals surface area contributed by atoms with Crippen molar-refractivity contribution >= 4 is 6.03 Å². The Kier molecular flexibility index (Phi) is 7.01. The second-order valence-electron chi connectivity index (χ2n) is 9.19. The molecule has 0 saturated carbocycles. The lowest BCUT2D eigenvalue weighted by Gasteiger charge is -2.57. The van der Waals surface area contributed by atoms with Gasteiger partial charge in [0.25, 0.3) is 0 Å². The maximum absolute atomic E-state index is 12.7. The highest BCUT2D eigenvalue weighted by atomic mass is 16.5. The van der Waals surface area contributed by atoms with Gasteiger partial charge in [0.1, 0.15) is 5.75 Å². The number of rotatable bonds is 5. The highest BCUT2D eigenvalue weighted by molar-refractivity contribution is 5.74. The molecule has 0 aromatic heterocycles. The molecule has 2 aliphatic rings. The van der Waals surface area contributed by atoms with Gasteiger partial charge in [0.05, 0.1) is 13.7 Å². The average molecular weight is 438 g/mol. The molecule has 32 heavy (non-hydrogen) atoms. The fourth-order valence-electron chi connectivity index (χ4n) is 5.14. The zero-order valence-corrected chi connectivity index (χ0v) is 19.3. The molecule has 0 radical (unpaired) electrons. The van der Waals surface area contributed by atoms with Gasteiger partial charge in [-0.15, -0.1) is 0 Å². The maximum atomic E-state index is 12.7. The van der Waals surface area contributed by atoms with Crippen molar-refractivity contribution in [1.29, 1.82) is 0 Å². The first-order valence-electron chi connectivity index (χ1n) is 11.7. The van der Waals surface area contributed by atoms with Crippen LogP contribution in [0.1, 0.15) is 38.2 Å². The van der Waals surface area contributed by atoms with Crippen molar-refractivity contribution in [2.75, 3.05) is 33.4 Å². The van der Waals surface area contributed by atoms with E-state index in [0.29, 0.717) is 6.54 Å². The van der Waals surface area contributed by atoms with Crippen LogP contribution >= 0.6 is 0 Å². The Morgan fingerprint density at radius 2 is 1.69 bits per heavy atom. The van der Waals surface area contributed by atoms with E-state index < -0.39 is 0 Å². The van der Waals surface area contributed by atoms with Crippen LogP contribution in [0.15, 0.2) is 48.5 Å². The number of benzene rings is 2. The number of carbonyl (C=O) groups is 1. The molecule has 6 nitrogen and oxygen atoms in total. The molecule has 0 bridgehead atoms. The Morgan fingerprint density at radius 3 is 2.28 bits per heavy atom. The van der Waals surface area contributed by atoms with E-state index in [0.717, 1.165) is 42.8 Å². The van der Waals surface area contributed by atoms with E-state index in [9.17, 15) is 9.90 Å². The van der Waals surface area contributed by atoms with Gasteiger partial charge >= 0.3 is 6.03 Å². The number of nitrogens with zero attached hydrogens (tertiary/aromatic N) is 2. The van der Waals surface area contributed by atoms with Crippen LogP contribution in [0.3, 0.4) is 0 Å². The van der Waals surface area contributed by atoms with Gasteiger partial charge in [-0.05, 0) is 62.1 Å². The Labute approximate surface area is 191 Å². The summed E-state index contributed by atoms with van der Waals surface area (Å²) in [7, 11) is 1.67. The first-order chi connectivity index (χ1) is 15.5. The number of methoxy groups -OCH3 is 1. The van der Waals surface area contributed by atoms with Crippen molar-refractivity contribution in [3.8, 4) is 16.9 Å². The molecule has 2 fully saturated rings. The summed E-state index contributed by atoms with van der Waals surface area (Å²) in [5.74, 6) is 1.07. The predicted octanol–water partition coefficient (Wildman–Crippen LogP) is 3.70. The summed E-state index contributed by atoms with van der Waals surface area (Å²) in [6.45, 7) is 6.59. The Hall–Kier alpha value is -2.57. The fraction of sp³-hybridized carbons (Fsp3) is 0.500. The third-order valence-corrected chi connectivity index (χ3v) is 6.79. The highest BCUT2D eigenvalue weighted by Crippen LogP contribution is 2.42. The molecule has 2 aromatic rings. The van der Waals surface area contributed by atoms with Crippen molar-refractivity contribution in [3.63, 3.8) is 0 Å². The van der Waals surface area contributed by atoms with E-state index in [1.54, 1.807) is 7.11 Å². The molecule has 2 N–H and O–H groups in total. The second kappa shape index (κ2) is 9.92. The van der Waals surface area contributed by atoms with Gasteiger partial charge in [0.2, 0.25) is 0 Å². The minimum Gasteiger partial charge on any atom is -0.497 e. The molecule has 0 unspecified atom stereocenters. The quantitative estimate of drug-likeness (QED) is 0.749. The van der Waals surface area contributed by atoms with Gasteiger partial charge in [-0.1, -0.05) is 36.4 Å². The molecular weight excluding hydrogens is 402 g/mol. The van der Waals surface area contributed by atoms with E-state index >= 15 is 0 Å². The summed E-state index contributed by atoms with van der Waals surface area (Å²) in [6.07, 6.45) is 2.04. The summed E-state index contributed by atoms with van der Waals surface area (Å²) >= 11 is 0. The molecule has 0 spiro atoms. The first-order valence-corrected chi connectivity index (χ1v) is 11.7. The highest BCUT2D eigenvalue weighted by Gasteiger charge is 2.49. The molecular formula is C26H35N3O3. The minimum absolute atomic E-state index is 0.0166. The van der Waals surface area contributed by atoms with Crippen LogP contribution in [-0.2, 0) is 0 Å². The molecule has 2 aliphatic heterocycles. The van der Waals surface area contributed by atoms with Crippen molar-refractivity contribution in [3.05, 3.63) is 54.1 Å². The van der Waals surface area contributed by atoms with Gasteiger partial charge in [-0.3, -0.25) is 4.90 Å². The minimum atomic E-state index is 0.0166. The largest absolute Gasteiger partial charge is 0.497 e. The summed E-state index contributed by atoms with van der Waals surface area (Å²) < 4.78 is 5.26. The van der Waals surface area contributed by atoms with Gasteiger partial charge in [0.15, 0.2) is 0 Å². The molecule has 2 aromatic carbocycles. The molecule has 4 rings (SSSR count). The molecule has 2 heterocycles. The van der Waals surface area contributed by atoms with Crippen LogP contribution in [0.4, 0.5) is 4.79 Å². The van der Waals surface area contributed by atoms with E-state index in [4.69, 9.17) is 4.74 Å². The predicted molar refractivity (Wildman–Crippen MR) is 127 cm³/mol. The zero-order valence-electron chi connectivity index (χ0n) is 19.3. The molecule has 3 atom stereocenters. The maximum Gasteiger partial charge on any atom is 0.317 e. The Morgan fingerprint density at radius 1 is 1.06 bits per heavy atom. The average Bonchev–Trinajstić information content (AvgIpc) is 2.78. The number of amides is 2. The lowest BCUT2D eigenvalue weighted by atomic mass is 9.74. The van der Waals surface area contributed by atoms with Crippen LogP contribution in [-0.4, -0.2) is 72.4 Å². The summed E-state index contributed by atoms with van der Waals surface area (Å²) in [5.41, 5.74) is 3.53. The standard InChI is InChI=1S/C26H35N3O3/c1-18(2)27-26(31)28-14-4-5-15-29-23(16-28)25(24(29)17-30)21-8-6-19(7-9-21)20-10-12-22(32-3)13-11-20/h6-13,18,23-25,30H,4-5,14-17H2,1-3H3,(H,27,31)/t23-,24-,25-/m0/s1. The monoisotopic (exact) mass is 437 g/mol. The Bertz CT molecular complexity index is 898. The normalized spacial score (nSPS) is 23.7. The second-order valence-corrected chi connectivity index (χ2v) is 9.19. The van der Waals surface area contributed by atoms with E-state index in [2.05, 4.69) is 46.6 Å². The number of carbonyl (C=O) groups excluding carboxylic acids is 1. The number of fused-ring (bicyclic) bond motifs is 1. The summed E-state index contributed by atoms with van der Waals surface area (Å²) in [4.78, 5) is 17.1. The van der Waals surface area contributed by atoms with Crippen molar-refractivity contribution in [2.45, 2.75) is 50.7 Å². The molecule has 2 saturated heterocycles. The van der Waals surface area contributed by atoms with Crippen LogP contribution in [0.25, 0.3) is 11.1 Å². The van der Waals surface area contributed by atoms with Crippen LogP contribution < -0.4 is 10.1 Å². The Balaban J connectivity index is 1.53. The first kappa shape index (κ1) is 22.6. The van der Waals surface area contributed by atoms with Gasteiger partial charge in [-0.25, -0.2) is 4.79 Å². The topological polar surface area (TPSA) is 65.0 Å². The van der Waals surface area contributed by atoms with Crippen LogP contribution in [0.2, 0.25) is 0 Å². The summed E-state index contributed by atoms with van der Waals surface area (Å²) in [5, 5.41) is 13.2. The van der Waals surface area contributed by atoms with E-state index in [1.807, 2.05) is 30.9 Å². The summed E-state index contributed by atoms with van der Waals surface area (Å²) in [6, 6.07) is 17.2. The molecule has 172 valence electrons. The molecule has 6 heteroatoms. The van der Waals surface area contributed by atoms with Crippen molar-refractivity contribution in [2.24, 2.45) is 0 Å². The van der Waals surface area contributed by atoms with Crippen molar-refractivity contribution < 1.29 is 14.6 Å². The lowest BCUT2D eigenvalue weighted by molar-refractivity contribution is -0.0591. The SMILES string of the molecule is COc1ccc(-c2ccc([C@@H]3[C@H](CO)N4CCCCN(C(=O)NC(C)C)C[C@@H]34)cc2)cc1. The smallest absolute Gasteiger partial charge is 0.317 e. The number of aliphatic hydroxyl groups excluding tert-OH is 1. The molecule has 0 aliphatic carbocycles. The zero-order chi connectivity index (χ0) is 22.7. The van der Waals surface area contributed by atoms with Crippen molar-refractivity contribution in [1.82, 2.24) is 15.1 Å². The van der Waals surface area contributed by atoms with Crippen LogP contribution in [0.5, 0.6) is 5.75 Å². The van der Waals surface area contributed by atoms with Gasteiger partial charge in [-0.2, -0.15) is 0 Å². The van der Waals surface area contributed by atoms with E-state index in [1.165, 1.54) is 5.56 Å². The number of aliphatic hydroxyl groups is 1. The number of nitrogens with one attached hydrogen (secondary N) is 1. The van der Waals surface area contributed by atoms with E-state index in [-0.39, 0.29) is 36.7 Å². The number of ether oxygens (including phenoxy) is 1. The number of hydrogen-bond donors (Lipinski definition) is 2. The van der Waals surface area contributed by atoms with Gasteiger partial charge < -0.3 is 20.1 Å². The molecule has 2 amide bonds. The third kappa shape index (κ3) is 4.62. The number of hydrogen-bond acceptors (Lipinski definition) is 4. The fourth-order valence-corrected chi connectivity index (χ4v) is 5.14. The third-order valence-electron chi connectivity index (χ3n) is 6.79. The van der Waals surface area contributed by atoms with Gasteiger partial charge in [0, 0.05) is 37.1 Å². The van der Waals surface area contributed by atoms with Crippen LogP contribution in [0, 0.1) is 0 Å². The number of urea groups is 1.